The Morgan fingerprint density at radius 2 is 1.67 bits per heavy atom. The fourth-order valence-corrected chi connectivity index (χ4v) is 7.85. The van der Waals surface area contributed by atoms with Gasteiger partial charge in [-0.1, -0.05) is 46.7 Å². The average Bonchev–Trinajstić information content (AvgIpc) is 3.62. The second kappa shape index (κ2) is 17.0. The van der Waals surface area contributed by atoms with Crippen molar-refractivity contribution in [3.8, 4) is 22.9 Å². The molecule has 286 valence electrons. The van der Waals surface area contributed by atoms with E-state index in [1.807, 2.05) is 63.2 Å². The minimum atomic E-state index is -0.879. The predicted octanol–water partition coefficient (Wildman–Crippen LogP) is 7.04. The Bertz CT molecular complexity index is 2480. The van der Waals surface area contributed by atoms with Crippen molar-refractivity contribution in [2.75, 3.05) is 26.9 Å². The Balaban J connectivity index is 1.36. The molecular formula is C41H39Cl2N3O8S. The van der Waals surface area contributed by atoms with Crippen LogP contribution in [0, 0.1) is 13.8 Å². The third-order valence-electron chi connectivity index (χ3n) is 8.93. The standard InChI is InChI=1S/C41H39Cl2N3O8S/c1-7-51-34-18-26(10-16-33(34)54-22-36(47)50-6)38-37(40(49)52-8-2)24(4)44-41-46(38)39(48)35(55-41)19-28-17-23(3)45(25(28)5)30-12-14-31(15-13-30)53-21-27-9-11-29(42)20-32(27)43/h9-20,38H,7-8,21-22H2,1-6H3/b35-19+/t38-/m0/s1. The number of aromatic nitrogens is 2. The molecule has 1 aliphatic heterocycles. The first-order valence-corrected chi connectivity index (χ1v) is 19.0. The molecule has 11 nitrogen and oxygen atoms in total. The number of ether oxygens (including phenoxy) is 5. The molecule has 0 unspecified atom stereocenters. The van der Waals surface area contributed by atoms with Gasteiger partial charge in [-0.05, 0) is 106 Å². The van der Waals surface area contributed by atoms with Crippen molar-refractivity contribution in [2.45, 2.75) is 47.3 Å². The van der Waals surface area contributed by atoms with Crippen LogP contribution < -0.4 is 29.1 Å². The van der Waals surface area contributed by atoms with Crippen molar-refractivity contribution in [3.05, 3.63) is 136 Å². The molecule has 3 heterocycles. The van der Waals surface area contributed by atoms with Gasteiger partial charge in [0.15, 0.2) is 22.9 Å². The molecule has 2 aromatic heterocycles. The maximum Gasteiger partial charge on any atom is 0.343 e. The Hall–Kier alpha value is -5.30. The monoisotopic (exact) mass is 803 g/mol. The molecule has 0 amide bonds. The van der Waals surface area contributed by atoms with Crippen LogP contribution in [0.2, 0.25) is 10.0 Å². The molecule has 6 rings (SSSR count). The van der Waals surface area contributed by atoms with Crippen LogP contribution in [0.15, 0.2) is 87.8 Å². The first-order chi connectivity index (χ1) is 26.4. The summed E-state index contributed by atoms with van der Waals surface area (Å²) in [5.74, 6) is 0.189. The zero-order chi connectivity index (χ0) is 39.4. The van der Waals surface area contributed by atoms with Crippen LogP contribution in [0.25, 0.3) is 11.8 Å². The molecule has 0 bridgehead atoms. The molecule has 1 atom stereocenters. The Labute approximate surface area is 331 Å². The molecule has 0 N–H and O–H groups in total. The Morgan fingerprint density at radius 1 is 0.909 bits per heavy atom. The summed E-state index contributed by atoms with van der Waals surface area (Å²) >= 11 is 13.6. The lowest BCUT2D eigenvalue weighted by Crippen LogP contribution is -2.40. The summed E-state index contributed by atoms with van der Waals surface area (Å²) in [7, 11) is 1.27. The lowest BCUT2D eigenvalue weighted by atomic mass is 9.95. The van der Waals surface area contributed by atoms with Crippen LogP contribution in [0.1, 0.15) is 54.9 Å². The fraction of sp³-hybridized carbons (Fsp3) is 0.268. The number of hydrogen-bond acceptors (Lipinski definition) is 10. The van der Waals surface area contributed by atoms with Crippen molar-refractivity contribution in [3.63, 3.8) is 0 Å². The van der Waals surface area contributed by atoms with Gasteiger partial charge in [0.25, 0.3) is 5.56 Å². The zero-order valence-corrected chi connectivity index (χ0v) is 33.4. The quantitative estimate of drug-likeness (QED) is 0.116. The van der Waals surface area contributed by atoms with Crippen LogP contribution >= 0.6 is 34.5 Å². The number of carbonyl (C=O) groups excluding carboxylic acids is 2. The molecule has 3 aromatic carbocycles. The van der Waals surface area contributed by atoms with E-state index in [2.05, 4.69) is 4.57 Å². The highest BCUT2D eigenvalue weighted by molar-refractivity contribution is 7.07. The van der Waals surface area contributed by atoms with Crippen LogP contribution in [0.3, 0.4) is 0 Å². The van der Waals surface area contributed by atoms with Gasteiger partial charge < -0.3 is 28.3 Å². The van der Waals surface area contributed by atoms with E-state index in [1.54, 1.807) is 44.2 Å². The Kier molecular flexibility index (Phi) is 12.2. The number of allylic oxidation sites excluding steroid dienone is 1. The van der Waals surface area contributed by atoms with E-state index in [4.69, 9.17) is 51.9 Å². The van der Waals surface area contributed by atoms with Gasteiger partial charge in [0.2, 0.25) is 0 Å². The average molecular weight is 805 g/mol. The summed E-state index contributed by atoms with van der Waals surface area (Å²) in [5, 5.41) is 1.11. The number of benzene rings is 3. The van der Waals surface area contributed by atoms with Crippen LogP contribution in [-0.2, 0) is 25.7 Å². The lowest BCUT2D eigenvalue weighted by Gasteiger charge is -2.25. The van der Waals surface area contributed by atoms with Gasteiger partial charge in [0.1, 0.15) is 12.4 Å². The molecule has 0 spiro atoms. The summed E-state index contributed by atoms with van der Waals surface area (Å²) in [6, 6.07) is 19.2. The third kappa shape index (κ3) is 8.36. The van der Waals surface area contributed by atoms with Gasteiger partial charge in [0, 0.05) is 32.7 Å². The van der Waals surface area contributed by atoms with E-state index in [0.717, 1.165) is 28.2 Å². The van der Waals surface area contributed by atoms with Crippen molar-refractivity contribution < 1.29 is 33.3 Å². The van der Waals surface area contributed by atoms with Crippen LogP contribution in [0.5, 0.6) is 17.2 Å². The third-order valence-corrected chi connectivity index (χ3v) is 10.5. The van der Waals surface area contributed by atoms with Gasteiger partial charge in [-0.2, -0.15) is 0 Å². The van der Waals surface area contributed by atoms with E-state index in [0.29, 0.717) is 61.1 Å². The minimum Gasteiger partial charge on any atom is -0.490 e. The highest BCUT2D eigenvalue weighted by atomic mass is 35.5. The molecule has 14 heteroatoms. The van der Waals surface area contributed by atoms with Gasteiger partial charge in [-0.25, -0.2) is 14.6 Å². The summed E-state index contributed by atoms with van der Waals surface area (Å²) in [6.45, 7) is 9.67. The first-order valence-electron chi connectivity index (χ1n) is 17.5. The number of carbonyl (C=O) groups is 2. The number of halogens is 2. The molecule has 0 fully saturated rings. The summed E-state index contributed by atoms with van der Waals surface area (Å²) in [5.41, 5.74) is 5.41. The number of rotatable bonds is 13. The number of fused-ring (bicyclic) bond motifs is 1. The molecule has 0 saturated heterocycles. The number of methoxy groups -OCH3 is 1. The molecular weight excluding hydrogens is 765 g/mol. The second-order valence-corrected chi connectivity index (χ2v) is 14.3. The van der Waals surface area contributed by atoms with Crippen molar-refractivity contribution in [1.82, 2.24) is 9.13 Å². The highest BCUT2D eigenvalue weighted by Crippen LogP contribution is 2.36. The largest absolute Gasteiger partial charge is 0.490 e. The highest BCUT2D eigenvalue weighted by Gasteiger charge is 2.34. The molecule has 0 radical (unpaired) electrons. The fourth-order valence-electron chi connectivity index (χ4n) is 6.35. The maximum atomic E-state index is 14.4. The van der Waals surface area contributed by atoms with Gasteiger partial charge in [0.05, 0.1) is 42.2 Å². The molecule has 1 aliphatic rings. The second-order valence-electron chi connectivity index (χ2n) is 12.5. The van der Waals surface area contributed by atoms with E-state index >= 15 is 0 Å². The predicted molar refractivity (Wildman–Crippen MR) is 212 cm³/mol. The van der Waals surface area contributed by atoms with Crippen LogP contribution in [0.4, 0.5) is 0 Å². The summed E-state index contributed by atoms with van der Waals surface area (Å²) in [4.78, 5) is 44.8. The first kappa shape index (κ1) is 39.4. The van der Waals surface area contributed by atoms with E-state index < -0.39 is 18.0 Å². The molecule has 5 aromatic rings. The number of hydrogen-bond donors (Lipinski definition) is 0. The number of nitrogens with zero attached hydrogens (tertiary/aromatic N) is 3. The van der Waals surface area contributed by atoms with Crippen molar-refractivity contribution in [1.29, 1.82) is 0 Å². The molecule has 0 aliphatic carbocycles. The van der Waals surface area contributed by atoms with Gasteiger partial charge >= 0.3 is 11.9 Å². The molecule has 55 heavy (non-hydrogen) atoms. The number of aryl methyl sites for hydroxylation is 1. The van der Waals surface area contributed by atoms with E-state index in [-0.39, 0.29) is 24.3 Å². The SMILES string of the molecule is CCOC(=O)C1=C(C)N=c2s/c(=C/c3cc(C)n(-c4ccc(OCc5ccc(Cl)cc5Cl)cc4)c3C)c(=O)n2[C@H]1c1ccc(OCC(=O)OC)c(OCC)c1. The normalized spacial score (nSPS) is 14.0. The van der Waals surface area contributed by atoms with Gasteiger partial charge in [-0.15, -0.1) is 0 Å². The smallest absolute Gasteiger partial charge is 0.343 e. The Morgan fingerprint density at radius 3 is 2.36 bits per heavy atom. The van der Waals surface area contributed by atoms with Crippen molar-refractivity contribution >= 4 is 52.6 Å². The van der Waals surface area contributed by atoms with Gasteiger partial charge in [-0.3, -0.25) is 9.36 Å². The number of thiazole rings is 1. The lowest BCUT2D eigenvalue weighted by molar-refractivity contribution is -0.143. The van der Waals surface area contributed by atoms with E-state index in [1.165, 1.54) is 23.0 Å². The van der Waals surface area contributed by atoms with Crippen LogP contribution in [-0.4, -0.2) is 48.0 Å². The van der Waals surface area contributed by atoms with Crippen molar-refractivity contribution in [2.24, 2.45) is 4.99 Å². The minimum absolute atomic E-state index is 0.140. The zero-order valence-electron chi connectivity index (χ0n) is 31.1. The number of esters is 2. The molecule has 0 saturated carbocycles. The maximum absolute atomic E-state index is 14.4. The summed E-state index contributed by atoms with van der Waals surface area (Å²) < 4.78 is 31.8. The van der Waals surface area contributed by atoms with E-state index in [9.17, 15) is 14.4 Å². The topological polar surface area (TPSA) is 120 Å². The summed E-state index contributed by atoms with van der Waals surface area (Å²) in [6.07, 6.45) is 1.85.